The first kappa shape index (κ1) is 21.5. The Bertz CT molecular complexity index is 1090. The normalized spacial score (nSPS) is 14.0. The van der Waals surface area contributed by atoms with Crippen LogP contribution in [-0.2, 0) is 4.74 Å². The maximum atomic E-state index is 12.5. The zero-order valence-corrected chi connectivity index (χ0v) is 19.0. The van der Waals surface area contributed by atoms with Crippen molar-refractivity contribution in [1.82, 2.24) is 10.3 Å². The minimum atomic E-state index is -0.303. The maximum Gasteiger partial charge on any atom is 0.257 e. The number of benzene rings is 2. The first-order valence-electron chi connectivity index (χ1n) is 10.1. The van der Waals surface area contributed by atoms with Crippen LogP contribution < -0.4 is 20.3 Å². The van der Waals surface area contributed by atoms with E-state index in [2.05, 4.69) is 32.7 Å². The Morgan fingerprint density at radius 2 is 2.03 bits per heavy atom. The molecule has 2 N–H and O–H groups in total. The first-order chi connectivity index (χ1) is 15.0. The number of nitrogens with zero attached hydrogens (tertiary/aromatic N) is 2. The van der Waals surface area contributed by atoms with Crippen LogP contribution in [0.1, 0.15) is 24.2 Å². The molecule has 1 aliphatic rings. The molecule has 0 aliphatic carbocycles. The van der Waals surface area contributed by atoms with Gasteiger partial charge in [0.05, 0.1) is 29.5 Å². The van der Waals surface area contributed by atoms with E-state index in [4.69, 9.17) is 21.7 Å². The smallest absolute Gasteiger partial charge is 0.257 e. The molecule has 0 atom stereocenters. The molecule has 31 heavy (non-hydrogen) atoms. The van der Waals surface area contributed by atoms with E-state index in [-0.39, 0.29) is 17.1 Å². The quantitative estimate of drug-likeness (QED) is 0.561. The number of carbonyl (C=O) groups excluding carboxylic acids is 1. The largest absolute Gasteiger partial charge is 0.491 e. The second-order valence-electron chi connectivity index (χ2n) is 7.37. The van der Waals surface area contributed by atoms with Crippen molar-refractivity contribution in [2.24, 2.45) is 0 Å². The van der Waals surface area contributed by atoms with E-state index < -0.39 is 0 Å². The van der Waals surface area contributed by atoms with E-state index in [0.29, 0.717) is 16.4 Å². The second-order valence-corrected chi connectivity index (χ2v) is 8.81. The zero-order chi connectivity index (χ0) is 21.8. The van der Waals surface area contributed by atoms with Crippen LogP contribution in [0.5, 0.6) is 5.75 Å². The molecule has 0 radical (unpaired) electrons. The molecule has 0 bridgehead atoms. The van der Waals surface area contributed by atoms with Crippen LogP contribution in [0.15, 0.2) is 42.5 Å². The predicted octanol–water partition coefficient (Wildman–Crippen LogP) is 4.05. The average Bonchev–Trinajstić information content (AvgIpc) is 3.15. The van der Waals surface area contributed by atoms with E-state index in [1.54, 1.807) is 18.2 Å². The number of ether oxygens (including phenoxy) is 2. The topological polar surface area (TPSA) is 75.7 Å². The summed E-state index contributed by atoms with van der Waals surface area (Å²) in [5.41, 5.74) is 2.52. The van der Waals surface area contributed by atoms with Gasteiger partial charge in [-0.15, -0.1) is 0 Å². The number of hydrogen-bond acceptors (Lipinski definition) is 7. The van der Waals surface area contributed by atoms with Crippen molar-refractivity contribution in [2.45, 2.75) is 20.0 Å². The summed E-state index contributed by atoms with van der Waals surface area (Å²) in [5.74, 6) is 0.339. The molecule has 2 aromatic carbocycles. The lowest BCUT2D eigenvalue weighted by molar-refractivity contribution is 0.0977. The summed E-state index contributed by atoms with van der Waals surface area (Å²) < 4.78 is 12.1. The highest BCUT2D eigenvalue weighted by atomic mass is 32.1. The number of carbonyl (C=O) groups is 1. The fourth-order valence-corrected chi connectivity index (χ4v) is 4.43. The Morgan fingerprint density at radius 3 is 2.81 bits per heavy atom. The molecule has 4 rings (SSSR count). The summed E-state index contributed by atoms with van der Waals surface area (Å²) in [7, 11) is 0. The van der Waals surface area contributed by atoms with Gasteiger partial charge in [0.2, 0.25) is 0 Å². The molecular weight excluding hydrogens is 432 g/mol. The monoisotopic (exact) mass is 456 g/mol. The minimum absolute atomic E-state index is 0.0313. The van der Waals surface area contributed by atoms with Crippen LogP contribution in [0.3, 0.4) is 0 Å². The summed E-state index contributed by atoms with van der Waals surface area (Å²) in [6, 6.07) is 13.2. The first-order valence-corrected chi connectivity index (χ1v) is 11.3. The van der Waals surface area contributed by atoms with Gasteiger partial charge in [0.15, 0.2) is 10.2 Å². The van der Waals surface area contributed by atoms with Crippen molar-refractivity contribution >= 4 is 55.6 Å². The zero-order valence-electron chi connectivity index (χ0n) is 17.4. The Hall–Kier alpha value is -2.75. The molecule has 0 unspecified atom stereocenters. The summed E-state index contributed by atoms with van der Waals surface area (Å²) in [5, 5.41) is 6.56. The fraction of sp³-hybridized carbons (Fsp3) is 0.318. The number of nitrogens with one attached hydrogen (secondary N) is 2. The van der Waals surface area contributed by atoms with E-state index in [0.717, 1.165) is 42.2 Å². The van der Waals surface area contributed by atoms with Gasteiger partial charge in [0.1, 0.15) is 5.75 Å². The van der Waals surface area contributed by atoms with E-state index in [9.17, 15) is 4.79 Å². The highest BCUT2D eigenvalue weighted by molar-refractivity contribution is 7.80. The third kappa shape index (κ3) is 5.49. The molecule has 1 amide bonds. The van der Waals surface area contributed by atoms with Crippen molar-refractivity contribution in [3.63, 3.8) is 0 Å². The lowest BCUT2D eigenvalue weighted by Crippen LogP contribution is -2.36. The van der Waals surface area contributed by atoms with Crippen molar-refractivity contribution < 1.29 is 14.3 Å². The van der Waals surface area contributed by atoms with Crippen molar-refractivity contribution in [3.8, 4) is 5.75 Å². The third-order valence-corrected chi connectivity index (χ3v) is 5.80. The number of rotatable bonds is 5. The average molecular weight is 457 g/mol. The molecule has 1 saturated heterocycles. The summed E-state index contributed by atoms with van der Waals surface area (Å²) in [4.78, 5) is 19.4. The lowest BCUT2D eigenvalue weighted by Gasteiger charge is -2.28. The molecule has 9 heteroatoms. The standard InChI is InChI=1S/C22H24N4O3S2/c1-14(2)29-17-5-3-4-15(12-17)20(27)24-21(30)25-22-23-18-7-6-16(13-19(18)31-22)26-8-10-28-11-9-26/h3-7,12-14H,8-11H2,1-2H3,(H2,23,24,25,27,30). The molecule has 2 heterocycles. The van der Waals surface area contributed by atoms with Crippen LogP contribution >= 0.6 is 23.6 Å². The van der Waals surface area contributed by atoms with Crippen LogP contribution in [0.4, 0.5) is 10.8 Å². The van der Waals surface area contributed by atoms with Gasteiger partial charge in [0, 0.05) is 24.3 Å². The highest BCUT2D eigenvalue weighted by Crippen LogP contribution is 2.30. The summed E-state index contributed by atoms with van der Waals surface area (Å²) >= 11 is 6.82. The molecule has 3 aromatic rings. The number of amides is 1. The van der Waals surface area contributed by atoms with Gasteiger partial charge in [-0.2, -0.15) is 0 Å². The lowest BCUT2D eigenvalue weighted by atomic mass is 10.2. The number of fused-ring (bicyclic) bond motifs is 1. The van der Waals surface area contributed by atoms with Gasteiger partial charge in [-0.3, -0.25) is 10.1 Å². The Balaban J connectivity index is 1.40. The number of hydrogen-bond donors (Lipinski definition) is 2. The van der Waals surface area contributed by atoms with Crippen LogP contribution in [0.2, 0.25) is 0 Å². The van der Waals surface area contributed by atoms with Crippen LogP contribution in [0, 0.1) is 0 Å². The Kier molecular flexibility index (Phi) is 6.64. The van der Waals surface area contributed by atoms with Gasteiger partial charge in [-0.1, -0.05) is 17.4 Å². The van der Waals surface area contributed by atoms with E-state index >= 15 is 0 Å². The van der Waals surface area contributed by atoms with Gasteiger partial charge < -0.3 is 19.7 Å². The van der Waals surface area contributed by atoms with Gasteiger partial charge in [-0.25, -0.2) is 4.98 Å². The molecular formula is C22H24N4O3S2. The molecule has 1 aliphatic heterocycles. The highest BCUT2D eigenvalue weighted by Gasteiger charge is 2.14. The Morgan fingerprint density at radius 1 is 1.23 bits per heavy atom. The Labute approximate surface area is 190 Å². The SMILES string of the molecule is CC(C)Oc1cccc(C(=O)NC(=S)Nc2nc3ccc(N4CCOCC4)cc3s2)c1. The van der Waals surface area contributed by atoms with Gasteiger partial charge in [0.25, 0.3) is 5.91 Å². The minimum Gasteiger partial charge on any atom is -0.491 e. The van der Waals surface area contributed by atoms with Gasteiger partial charge >= 0.3 is 0 Å². The molecule has 7 nitrogen and oxygen atoms in total. The van der Waals surface area contributed by atoms with Crippen molar-refractivity contribution in [2.75, 3.05) is 36.5 Å². The summed E-state index contributed by atoms with van der Waals surface area (Å²) in [6.07, 6.45) is 0.0313. The van der Waals surface area contributed by atoms with Gasteiger partial charge in [-0.05, 0) is 62.5 Å². The third-order valence-electron chi connectivity index (χ3n) is 4.66. The fourth-order valence-electron chi connectivity index (χ4n) is 3.27. The number of thiocarbonyl (C=S) groups is 1. The molecule has 1 aromatic heterocycles. The molecule has 162 valence electrons. The predicted molar refractivity (Wildman–Crippen MR) is 129 cm³/mol. The van der Waals surface area contributed by atoms with Crippen molar-refractivity contribution in [1.29, 1.82) is 0 Å². The summed E-state index contributed by atoms with van der Waals surface area (Å²) in [6.45, 7) is 7.13. The van der Waals surface area contributed by atoms with Crippen molar-refractivity contribution in [3.05, 3.63) is 48.0 Å². The number of morpholine rings is 1. The van der Waals surface area contributed by atoms with Crippen LogP contribution in [-0.4, -0.2) is 48.4 Å². The molecule has 0 saturated carbocycles. The second kappa shape index (κ2) is 9.59. The molecule has 0 spiro atoms. The molecule has 1 fully saturated rings. The van der Waals surface area contributed by atoms with Crippen LogP contribution in [0.25, 0.3) is 10.2 Å². The van der Waals surface area contributed by atoms with E-state index in [1.165, 1.54) is 11.3 Å². The number of aromatic nitrogens is 1. The van der Waals surface area contributed by atoms with E-state index in [1.807, 2.05) is 26.0 Å². The number of anilines is 2. The maximum absolute atomic E-state index is 12.5. The number of thiazole rings is 1.